The number of Topliss-reactive ketones (excluding diaryl/α,β-unsaturated/α-hetero) is 1. The van der Waals surface area contributed by atoms with Crippen molar-refractivity contribution in [1.82, 2.24) is 0 Å². The van der Waals surface area contributed by atoms with Gasteiger partial charge in [-0.2, -0.15) is 13.2 Å². The minimum Gasteiger partial charge on any atom is -0.293 e. The van der Waals surface area contributed by atoms with Gasteiger partial charge in [-0.05, 0) is 53.1 Å². The molecule has 0 amide bonds. The third kappa shape index (κ3) is 3.71. The van der Waals surface area contributed by atoms with E-state index in [4.69, 9.17) is 0 Å². The van der Waals surface area contributed by atoms with Crippen LogP contribution in [0.2, 0.25) is 0 Å². The molecule has 0 fully saturated rings. The van der Waals surface area contributed by atoms with Gasteiger partial charge in [-0.1, -0.05) is 30.4 Å². The molecule has 1 aliphatic rings. The van der Waals surface area contributed by atoms with Gasteiger partial charge in [0.05, 0.1) is 9.14 Å². The van der Waals surface area contributed by atoms with Crippen LogP contribution in [0.15, 0.2) is 40.0 Å². The van der Waals surface area contributed by atoms with Gasteiger partial charge in [-0.25, -0.2) is 0 Å². The molecule has 0 saturated heterocycles. The molecule has 0 radical (unpaired) electrons. The maximum Gasteiger partial charge on any atom is 0.416 e. The van der Waals surface area contributed by atoms with E-state index in [0.717, 1.165) is 18.6 Å². The lowest BCUT2D eigenvalue weighted by molar-refractivity contribution is -0.137. The van der Waals surface area contributed by atoms with Crippen molar-refractivity contribution in [3.63, 3.8) is 0 Å². The van der Waals surface area contributed by atoms with Crippen molar-refractivity contribution in [2.75, 3.05) is 0 Å². The lowest BCUT2D eigenvalue weighted by atomic mass is 9.92. The van der Waals surface area contributed by atoms with Gasteiger partial charge < -0.3 is 0 Å². The van der Waals surface area contributed by atoms with Crippen LogP contribution < -0.4 is 0 Å². The van der Waals surface area contributed by atoms with Crippen LogP contribution in [0.3, 0.4) is 0 Å². The Morgan fingerprint density at radius 2 is 2.05 bits per heavy atom. The number of hydrogen-bond acceptors (Lipinski definition) is 1. The first kappa shape index (κ1) is 15.3. The Hall–Kier alpha value is -1.11. The normalized spacial score (nSPS) is 20.3. The highest BCUT2D eigenvalue weighted by Gasteiger charge is 2.30. The first-order chi connectivity index (χ1) is 9.38. The number of allylic oxidation sites excluding steroid dienone is 3. The molecular weight excluding hydrogens is 380 g/mol. The van der Waals surface area contributed by atoms with Crippen molar-refractivity contribution in [2.24, 2.45) is 5.92 Å². The fourth-order valence-corrected chi connectivity index (χ4v) is 2.74. The molecule has 1 nitrogen and oxygen atoms in total. The number of ketones is 1. The maximum absolute atomic E-state index is 12.6. The van der Waals surface area contributed by atoms with E-state index in [1.165, 1.54) is 6.07 Å². The number of benzene rings is 1. The van der Waals surface area contributed by atoms with Gasteiger partial charge in [0.15, 0.2) is 5.78 Å². The molecule has 106 valence electrons. The summed E-state index contributed by atoms with van der Waals surface area (Å²) < 4.78 is 38.5. The van der Waals surface area contributed by atoms with Crippen molar-refractivity contribution >= 4 is 34.5 Å². The molecule has 0 spiro atoms. The molecule has 0 saturated carbocycles. The predicted molar refractivity (Wildman–Crippen MR) is 80.3 cm³/mol. The fourth-order valence-electron chi connectivity index (χ4n) is 2.03. The predicted octanol–water partition coefficient (Wildman–Crippen LogP) is 5.02. The van der Waals surface area contributed by atoms with Crippen molar-refractivity contribution in [3.8, 4) is 0 Å². The number of alkyl halides is 3. The van der Waals surface area contributed by atoms with E-state index in [1.807, 2.05) is 28.7 Å². The Bertz CT molecular complexity index is 573. The van der Waals surface area contributed by atoms with Crippen LogP contribution in [0.25, 0.3) is 6.08 Å². The zero-order valence-corrected chi connectivity index (χ0v) is 12.6. The first-order valence-corrected chi connectivity index (χ1v) is 7.21. The van der Waals surface area contributed by atoms with Crippen LogP contribution in [0, 0.1) is 5.92 Å². The van der Waals surface area contributed by atoms with Gasteiger partial charge in [0.25, 0.3) is 0 Å². The summed E-state index contributed by atoms with van der Waals surface area (Å²) in [7, 11) is 0. The van der Waals surface area contributed by atoms with Gasteiger partial charge in [0.1, 0.15) is 0 Å². The monoisotopic (exact) mass is 392 g/mol. The summed E-state index contributed by atoms with van der Waals surface area (Å²) in [6, 6.07) is 5.09. The molecule has 5 heteroatoms. The molecule has 0 aromatic heterocycles. The summed E-state index contributed by atoms with van der Waals surface area (Å²) in [5.74, 6) is -0.193. The van der Waals surface area contributed by atoms with E-state index < -0.39 is 11.7 Å². The summed E-state index contributed by atoms with van der Waals surface area (Å²) >= 11 is 2.00. The molecule has 0 aliphatic heterocycles. The minimum absolute atomic E-state index is 0.0417. The second-order valence-corrected chi connectivity index (χ2v) is 5.74. The van der Waals surface area contributed by atoms with Crippen LogP contribution >= 0.6 is 22.6 Å². The molecule has 1 aromatic rings. The van der Waals surface area contributed by atoms with Gasteiger partial charge >= 0.3 is 6.18 Å². The molecule has 1 aliphatic carbocycles. The van der Waals surface area contributed by atoms with Gasteiger partial charge in [0.2, 0.25) is 0 Å². The van der Waals surface area contributed by atoms with Crippen LogP contribution in [-0.2, 0) is 11.0 Å². The second kappa shape index (κ2) is 6.11. The van der Waals surface area contributed by atoms with E-state index in [-0.39, 0.29) is 11.7 Å². The molecule has 0 bridgehead atoms. The SMILES string of the molecule is O=C1C(I)=CCCC1/C=C/c1cccc(C(F)(F)F)c1. The van der Waals surface area contributed by atoms with E-state index in [0.29, 0.717) is 15.6 Å². The second-order valence-electron chi connectivity index (χ2n) is 4.58. The highest BCUT2D eigenvalue weighted by molar-refractivity contribution is 14.1. The third-order valence-corrected chi connectivity index (χ3v) is 4.08. The van der Waals surface area contributed by atoms with E-state index in [1.54, 1.807) is 18.2 Å². The quantitative estimate of drug-likeness (QED) is 0.647. The molecule has 1 aromatic carbocycles. The van der Waals surface area contributed by atoms with Crippen LogP contribution in [0.1, 0.15) is 24.0 Å². The number of hydrogen-bond donors (Lipinski definition) is 0. The maximum atomic E-state index is 12.6. The molecule has 20 heavy (non-hydrogen) atoms. The number of halogens is 4. The highest BCUT2D eigenvalue weighted by atomic mass is 127. The summed E-state index contributed by atoms with van der Waals surface area (Å²) in [6.07, 6.45) is 2.36. The Morgan fingerprint density at radius 1 is 1.30 bits per heavy atom. The standard InChI is InChI=1S/C15H12F3IO/c16-15(17,18)12-5-1-3-10(9-12)7-8-11-4-2-6-13(19)14(11)20/h1,3,5-9,11H,2,4H2/b8-7+. The van der Waals surface area contributed by atoms with Crippen LogP contribution in [0.5, 0.6) is 0 Å². The van der Waals surface area contributed by atoms with E-state index >= 15 is 0 Å². The van der Waals surface area contributed by atoms with E-state index in [2.05, 4.69) is 0 Å². The van der Waals surface area contributed by atoms with Crippen molar-refractivity contribution < 1.29 is 18.0 Å². The van der Waals surface area contributed by atoms with Gasteiger partial charge in [-0.15, -0.1) is 0 Å². The van der Waals surface area contributed by atoms with Crippen LogP contribution in [-0.4, -0.2) is 5.78 Å². The molecule has 1 atom stereocenters. The average molecular weight is 392 g/mol. The summed E-state index contributed by atoms with van der Waals surface area (Å²) in [6.45, 7) is 0. The van der Waals surface area contributed by atoms with Gasteiger partial charge in [0, 0.05) is 5.92 Å². The average Bonchev–Trinajstić information content (AvgIpc) is 2.40. The Morgan fingerprint density at radius 3 is 2.75 bits per heavy atom. The Kier molecular flexibility index (Phi) is 4.67. The van der Waals surface area contributed by atoms with Crippen molar-refractivity contribution in [3.05, 3.63) is 51.1 Å². The number of carbonyl (C=O) groups is 1. The third-order valence-electron chi connectivity index (χ3n) is 3.11. The summed E-state index contributed by atoms with van der Waals surface area (Å²) in [4.78, 5) is 11.9. The molecule has 0 N–H and O–H groups in total. The van der Waals surface area contributed by atoms with E-state index in [9.17, 15) is 18.0 Å². The van der Waals surface area contributed by atoms with Crippen LogP contribution in [0.4, 0.5) is 13.2 Å². The minimum atomic E-state index is -4.34. The molecule has 1 unspecified atom stereocenters. The number of carbonyl (C=O) groups excluding carboxylic acids is 1. The summed E-state index contributed by atoms with van der Waals surface area (Å²) in [5.41, 5.74) is -0.221. The van der Waals surface area contributed by atoms with Gasteiger partial charge in [-0.3, -0.25) is 4.79 Å². The number of rotatable bonds is 2. The zero-order valence-electron chi connectivity index (χ0n) is 10.5. The Labute approximate surface area is 128 Å². The lowest BCUT2D eigenvalue weighted by Gasteiger charge is -2.15. The zero-order chi connectivity index (χ0) is 14.8. The molecule has 2 rings (SSSR count). The highest BCUT2D eigenvalue weighted by Crippen LogP contribution is 2.30. The molecule has 0 heterocycles. The van der Waals surface area contributed by atoms with Crippen molar-refractivity contribution in [2.45, 2.75) is 19.0 Å². The lowest BCUT2D eigenvalue weighted by Crippen LogP contribution is -2.15. The summed E-state index contributed by atoms with van der Waals surface area (Å²) in [5, 5.41) is 0. The largest absolute Gasteiger partial charge is 0.416 e. The molecular formula is C15H12F3IO. The van der Waals surface area contributed by atoms with Crippen molar-refractivity contribution in [1.29, 1.82) is 0 Å². The smallest absolute Gasteiger partial charge is 0.293 e. The topological polar surface area (TPSA) is 17.1 Å². The first-order valence-electron chi connectivity index (χ1n) is 6.13. The fraction of sp³-hybridized carbons (Fsp3) is 0.267. The Balaban J connectivity index is 2.16.